The minimum absolute atomic E-state index is 0.0958. The molecule has 2 N–H and O–H groups in total. The molecular formula is C16H14N2O5. The highest BCUT2D eigenvalue weighted by molar-refractivity contribution is 5.87. The van der Waals surface area contributed by atoms with Crippen LogP contribution in [0.2, 0.25) is 0 Å². The molecule has 1 atom stereocenters. The van der Waals surface area contributed by atoms with E-state index in [1.165, 1.54) is 6.07 Å². The van der Waals surface area contributed by atoms with Crippen LogP contribution in [0.4, 0.5) is 5.69 Å². The van der Waals surface area contributed by atoms with Crippen molar-refractivity contribution >= 4 is 17.9 Å². The molecule has 0 bridgehead atoms. The van der Waals surface area contributed by atoms with Crippen LogP contribution < -0.4 is 0 Å². The lowest BCUT2D eigenvalue weighted by molar-refractivity contribution is -0.384. The largest absolute Gasteiger partial charge is 0.507 e. The summed E-state index contributed by atoms with van der Waals surface area (Å²) in [4.78, 5) is 25.4. The Labute approximate surface area is 131 Å². The molecule has 0 saturated heterocycles. The average molecular weight is 314 g/mol. The normalized spacial score (nSPS) is 12.2. The van der Waals surface area contributed by atoms with Crippen molar-refractivity contribution in [1.82, 2.24) is 0 Å². The van der Waals surface area contributed by atoms with Gasteiger partial charge in [-0.1, -0.05) is 30.3 Å². The lowest BCUT2D eigenvalue weighted by Crippen LogP contribution is -2.20. The van der Waals surface area contributed by atoms with Crippen LogP contribution in [0.5, 0.6) is 5.75 Å². The molecule has 0 unspecified atom stereocenters. The van der Waals surface area contributed by atoms with Crippen LogP contribution in [0.3, 0.4) is 0 Å². The lowest BCUT2D eigenvalue weighted by atomic mass is 10.1. The number of carboxylic acids is 1. The van der Waals surface area contributed by atoms with Gasteiger partial charge in [0.25, 0.3) is 5.69 Å². The number of benzene rings is 2. The van der Waals surface area contributed by atoms with Crippen LogP contribution in [0.25, 0.3) is 0 Å². The Morgan fingerprint density at radius 1 is 1.26 bits per heavy atom. The molecule has 0 radical (unpaired) electrons. The maximum atomic E-state index is 11.3. The molecule has 2 aromatic carbocycles. The molecular weight excluding hydrogens is 300 g/mol. The number of hydrogen-bond acceptors (Lipinski definition) is 5. The van der Waals surface area contributed by atoms with Gasteiger partial charge in [-0.15, -0.1) is 0 Å². The van der Waals surface area contributed by atoms with Crippen molar-refractivity contribution in [3.63, 3.8) is 0 Å². The zero-order valence-corrected chi connectivity index (χ0v) is 12.0. The highest BCUT2D eigenvalue weighted by atomic mass is 16.6. The number of hydrogen-bond donors (Lipinski definition) is 2. The van der Waals surface area contributed by atoms with Crippen LogP contribution in [-0.2, 0) is 11.2 Å². The van der Waals surface area contributed by atoms with E-state index in [0.717, 1.165) is 23.9 Å². The number of phenols is 1. The van der Waals surface area contributed by atoms with Crippen LogP contribution in [0.15, 0.2) is 53.5 Å². The second-order valence-electron chi connectivity index (χ2n) is 4.82. The summed E-state index contributed by atoms with van der Waals surface area (Å²) in [6.45, 7) is 0. The fourth-order valence-electron chi connectivity index (χ4n) is 1.97. The van der Waals surface area contributed by atoms with Crippen molar-refractivity contribution < 1.29 is 19.9 Å². The molecule has 2 rings (SSSR count). The van der Waals surface area contributed by atoms with Gasteiger partial charge in [-0.3, -0.25) is 15.1 Å². The maximum absolute atomic E-state index is 11.3. The summed E-state index contributed by atoms with van der Waals surface area (Å²) in [7, 11) is 0. The van der Waals surface area contributed by atoms with E-state index in [2.05, 4.69) is 4.99 Å². The lowest BCUT2D eigenvalue weighted by Gasteiger charge is -2.07. The van der Waals surface area contributed by atoms with Gasteiger partial charge in [0.05, 0.1) is 4.92 Å². The molecule has 0 spiro atoms. The average Bonchev–Trinajstić information content (AvgIpc) is 2.53. The van der Waals surface area contributed by atoms with E-state index < -0.39 is 16.9 Å². The molecule has 0 aliphatic heterocycles. The maximum Gasteiger partial charge on any atom is 0.328 e. The van der Waals surface area contributed by atoms with Gasteiger partial charge in [-0.2, -0.15) is 0 Å². The van der Waals surface area contributed by atoms with E-state index in [4.69, 9.17) is 0 Å². The van der Waals surface area contributed by atoms with E-state index in [1.54, 1.807) is 24.3 Å². The first-order valence-corrected chi connectivity index (χ1v) is 6.74. The smallest absolute Gasteiger partial charge is 0.328 e. The topological polar surface area (TPSA) is 113 Å². The quantitative estimate of drug-likeness (QED) is 0.483. The Bertz CT molecular complexity index is 743. The Balaban J connectivity index is 2.23. The summed E-state index contributed by atoms with van der Waals surface area (Å²) < 4.78 is 0. The molecule has 0 aliphatic carbocycles. The van der Waals surface area contributed by atoms with Crippen molar-refractivity contribution in [2.45, 2.75) is 12.5 Å². The van der Waals surface area contributed by atoms with Crippen molar-refractivity contribution in [2.24, 2.45) is 4.99 Å². The monoisotopic (exact) mass is 314 g/mol. The number of carbonyl (C=O) groups is 1. The number of rotatable bonds is 6. The molecule has 0 amide bonds. The number of aromatic hydroxyl groups is 1. The van der Waals surface area contributed by atoms with E-state index >= 15 is 0 Å². The zero-order valence-electron chi connectivity index (χ0n) is 12.0. The number of nitrogens with zero attached hydrogens (tertiary/aromatic N) is 2. The summed E-state index contributed by atoms with van der Waals surface area (Å²) in [6.07, 6.45) is 1.33. The first-order chi connectivity index (χ1) is 11.0. The third kappa shape index (κ3) is 4.37. The van der Waals surface area contributed by atoms with Gasteiger partial charge < -0.3 is 10.2 Å². The van der Waals surface area contributed by atoms with Gasteiger partial charge in [0.1, 0.15) is 5.75 Å². The SMILES string of the molecule is O=C(O)[C@H](Cc1ccccc1)N=Cc1cc([N+](=O)[O-])ccc1O. The van der Waals surface area contributed by atoms with E-state index in [0.29, 0.717) is 0 Å². The first kappa shape index (κ1) is 16.2. The summed E-state index contributed by atoms with van der Waals surface area (Å²) >= 11 is 0. The Hall–Kier alpha value is -3.22. The van der Waals surface area contributed by atoms with E-state index in [-0.39, 0.29) is 23.4 Å². The highest BCUT2D eigenvalue weighted by Crippen LogP contribution is 2.21. The summed E-state index contributed by atoms with van der Waals surface area (Å²) in [5.74, 6) is -1.32. The van der Waals surface area contributed by atoms with Gasteiger partial charge >= 0.3 is 5.97 Å². The third-order valence-electron chi connectivity index (χ3n) is 3.17. The Morgan fingerprint density at radius 2 is 1.96 bits per heavy atom. The number of nitro groups is 1. The molecule has 7 nitrogen and oxygen atoms in total. The molecule has 0 aromatic heterocycles. The minimum Gasteiger partial charge on any atom is -0.507 e. The Kier molecular flexibility index (Phi) is 5.03. The number of nitro benzene ring substituents is 1. The highest BCUT2D eigenvalue weighted by Gasteiger charge is 2.16. The van der Waals surface area contributed by atoms with Crippen LogP contribution in [0, 0.1) is 10.1 Å². The Morgan fingerprint density at radius 3 is 2.57 bits per heavy atom. The van der Waals surface area contributed by atoms with Gasteiger partial charge in [0.15, 0.2) is 6.04 Å². The second-order valence-corrected chi connectivity index (χ2v) is 4.82. The van der Waals surface area contributed by atoms with Crippen LogP contribution in [0.1, 0.15) is 11.1 Å². The van der Waals surface area contributed by atoms with Gasteiger partial charge in [0.2, 0.25) is 0 Å². The summed E-state index contributed by atoms with van der Waals surface area (Å²) in [5.41, 5.74) is 0.693. The number of carboxylic acid groups (broad SMARTS) is 1. The zero-order chi connectivity index (χ0) is 16.8. The first-order valence-electron chi connectivity index (χ1n) is 6.74. The second kappa shape index (κ2) is 7.17. The van der Waals surface area contributed by atoms with Crippen molar-refractivity contribution in [1.29, 1.82) is 0 Å². The van der Waals surface area contributed by atoms with Gasteiger partial charge in [-0.25, -0.2) is 4.79 Å². The molecule has 0 aliphatic rings. The van der Waals surface area contributed by atoms with Crippen molar-refractivity contribution in [2.75, 3.05) is 0 Å². The molecule has 23 heavy (non-hydrogen) atoms. The molecule has 0 saturated carbocycles. The van der Waals surface area contributed by atoms with Crippen LogP contribution >= 0.6 is 0 Å². The predicted molar refractivity (Wildman–Crippen MR) is 83.9 cm³/mol. The standard InChI is InChI=1S/C16H14N2O5/c19-15-7-6-13(18(22)23)9-12(15)10-17-14(16(20)21)8-11-4-2-1-3-5-11/h1-7,9-10,14,19H,8H2,(H,20,21)/t14-/m0/s1. The van der Waals surface area contributed by atoms with Crippen molar-refractivity contribution in [3.05, 3.63) is 69.8 Å². The van der Waals surface area contributed by atoms with Gasteiger partial charge in [0, 0.05) is 30.3 Å². The summed E-state index contributed by atoms with van der Waals surface area (Å²) in [6, 6.07) is 11.4. The predicted octanol–water partition coefficient (Wildman–Crippen LogP) is 2.42. The molecule has 118 valence electrons. The molecule has 0 heterocycles. The van der Waals surface area contributed by atoms with Gasteiger partial charge in [-0.05, 0) is 11.6 Å². The third-order valence-corrected chi connectivity index (χ3v) is 3.17. The number of non-ortho nitro benzene ring substituents is 1. The number of aliphatic imine (C=N–C) groups is 1. The minimum atomic E-state index is -1.12. The molecule has 7 heteroatoms. The fraction of sp³-hybridized carbons (Fsp3) is 0.125. The van der Waals surface area contributed by atoms with Crippen LogP contribution in [-0.4, -0.2) is 33.4 Å². The van der Waals surface area contributed by atoms with Crippen molar-refractivity contribution in [3.8, 4) is 5.75 Å². The van der Waals surface area contributed by atoms with E-state index in [9.17, 15) is 25.1 Å². The summed E-state index contributed by atoms with van der Waals surface area (Å²) in [5, 5.41) is 29.7. The molecule has 2 aromatic rings. The number of aliphatic carboxylic acids is 1. The van der Waals surface area contributed by atoms with E-state index in [1.807, 2.05) is 6.07 Å². The fourth-order valence-corrected chi connectivity index (χ4v) is 1.97. The number of phenolic OH excluding ortho intramolecular Hbond substituents is 1. The molecule has 0 fully saturated rings.